The summed E-state index contributed by atoms with van der Waals surface area (Å²) < 4.78 is 24.3. The third-order valence-electron chi connectivity index (χ3n) is 3.39. The maximum absolute atomic E-state index is 11.9. The predicted octanol–water partition coefficient (Wildman–Crippen LogP) is -0.00380. The van der Waals surface area contributed by atoms with E-state index in [1.807, 2.05) is 13.2 Å². The Balaban J connectivity index is 1.77. The van der Waals surface area contributed by atoms with Crippen molar-refractivity contribution in [2.24, 2.45) is 13.0 Å². The van der Waals surface area contributed by atoms with Crippen molar-refractivity contribution >= 4 is 15.9 Å². The first-order valence-corrected chi connectivity index (χ1v) is 8.35. The molecule has 0 saturated carbocycles. The number of sulfone groups is 1. The van der Waals surface area contributed by atoms with Crippen molar-refractivity contribution in [2.75, 3.05) is 25.1 Å². The molecule has 8 heteroatoms. The molecule has 0 aliphatic carbocycles. The van der Waals surface area contributed by atoms with E-state index in [1.54, 1.807) is 22.8 Å². The number of aromatic nitrogens is 2. The molecule has 1 aliphatic rings. The van der Waals surface area contributed by atoms with Crippen LogP contribution in [0.2, 0.25) is 0 Å². The normalized spacial score (nSPS) is 20.8. The molecule has 0 aromatic carbocycles. The van der Waals surface area contributed by atoms with Gasteiger partial charge >= 0.3 is 6.03 Å². The van der Waals surface area contributed by atoms with E-state index in [1.165, 1.54) is 0 Å². The summed E-state index contributed by atoms with van der Waals surface area (Å²) in [5, 5.41) is 6.83. The number of carbonyl (C=O) groups is 1. The Morgan fingerprint density at radius 1 is 1.60 bits per heavy atom. The zero-order chi connectivity index (χ0) is 14.8. The number of carbonyl (C=O) groups excluding carboxylic acids is 1. The molecular weight excluding hydrogens is 280 g/mol. The van der Waals surface area contributed by atoms with Crippen LogP contribution in [-0.4, -0.2) is 54.2 Å². The summed E-state index contributed by atoms with van der Waals surface area (Å²) in [6.07, 6.45) is 4.20. The summed E-state index contributed by atoms with van der Waals surface area (Å²) in [6, 6.07) is -0.196. The monoisotopic (exact) mass is 300 g/mol. The van der Waals surface area contributed by atoms with Crippen LogP contribution in [0.3, 0.4) is 0 Å². The van der Waals surface area contributed by atoms with Gasteiger partial charge in [0.05, 0.1) is 24.2 Å². The van der Waals surface area contributed by atoms with Gasteiger partial charge in [-0.25, -0.2) is 13.2 Å². The van der Waals surface area contributed by atoms with Gasteiger partial charge in [-0.2, -0.15) is 5.10 Å². The van der Waals surface area contributed by atoms with E-state index in [9.17, 15) is 13.2 Å². The number of hydrogen-bond acceptors (Lipinski definition) is 4. The lowest BCUT2D eigenvalue weighted by molar-refractivity contribution is 0.205. The second kappa shape index (κ2) is 5.82. The third kappa shape index (κ3) is 3.96. The van der Waals surface area contributed by atoms with E-state index >= 15 is 0 Å². The van der Waals surface area contributed by atoms with Crippen molar-refractivity contribution in [3.05, 3.63) is 18.0 Å². The smallest absolute Gasteiger partial charge is 0.317 e. The van der Waals surface area contributed by atoms with Gasteiger partial charge in [-0.05, 0) is 12.3 Å². The van der Waals surface area contributed by atoms with E-state index < -0.39 is 9.84 Å². The largest absolute Gasteiger partial charge is 0.338 e. The van der Waals surface area contributed by atoms with Crippen LogP contribution in [0.1, 0.15) is 12.0 Å². The zero-order valence-corrected chi connectivity index (χ0v) is 12.6. The van der Waals surface area contributed by atoms with Crippen molar-refractivity contribution in [2.45, 2.75) is 13.0 Å². The first-order chi connectivity index (χ1) is 9.35. The molecular formula is C12H20N4O3S. The minimum Gasteiger partial charge on any atom is -0.338 e. The molecule has 0 spiro atoms. The lowest BCUT2D eigenvalue weighted by Gasteiger charge is -2.18. The van der Waals surface area contributed by atoms with Crippen molar-refractivity contribution < 1.29 is 13.2 Å². The Morgan fingerprint density at radius 2 is 2.35 bits per heavy atom. The molecule has 112 valence electrons. The quantitative estimate of drug-likeness (QED) is 0.848. The maximum atomic E-state index is 11.9. The Hall–Kier alpha value is -1.57. The van der Waals surface area contributed by atoms with Crippen LogP contribution in [-0.2, 0) is 23.4 Å². The molecule has 1 aliphatic heterocycles. The Bertz CT molecular complexity index is 581. The van der Waals surface area contributed by atoms with Crippen molar-refractivity contribution in [3.63, 3.8) is 0 Å². The van der Waals surface area contributed by atoms with E-state index in [0.717, 1.165) is 5.56 Å². The average molecular weight is 300 g/mol. The van der Waals surface area contributed by atoms with Crippen LogP contribution >= 0.6 is 0 Å². The van der Waals surface area contributed by atoms with E-state index in [2.05, 4.69) is 10.4 Å². The van der Waals surface area contributed by atoms with Crippen LogP contribution in [0.25, 0.3) is 0 Å². The van der Waals surface area contributed by atoms with E-state index in [4.69, 9.17) is 0 Å². The molecule has 0 unspecified atom stereocenters. The number of hydrogen-bond donors (Lipinski definition) is 1. The highest BCUT2D eigenvalue weighted by Crippen LogP contribution is 2.17. The molecule has 2 amide bonds. The Labute approximate surface area is 118 Å². The summed E-state index contributed by atoms with van der Waals surface area (Å²) in [6.45, 7) is 0.887. The highest BCUT2D eigenvalue weighted by Gasteiger charge is 2.28. The average Bonchev–Trinajstić information content (AvgIpc) is 2.92. The topological polar surface area (TPSA) is 84.3 Å². The SMILES string of the molecule is CN(Cc1cnn(C)c1)C(=O)NC[C@@H]1CCS(=O)(=O)C1. The Morgan fingerprint density at radius 3 is 2.90 bits per heavy atom. The van der Waals surface area contributed by atoms with Crippen molar-refractivity contribution in [3.8, 4) is 0 Å². The molecule has 20 heavy (non-hydrogen) atoms. The molecule has 0 radical (unpaired) electrons. The molecule has 1 N–H and O–H groups in total. The molecule has 1 fully saturated rings. The molecule has 2 heterocycles. The summed E-state index contributed by atoms with van der Waals surface area (Å²) in [4.78, 5) is 13.5. The van der Waals surface area contributed by atoms with Crippen LogP contribution in [0.5, 0.6) is 0 Å². The number of urea groups is 1. The minimum atomic E-state index is -2.89. The molecule has 2 rings (SSSR count). The van der Waals surface area contributed by atoms with Gasteiger partial charge in [0, 0.05) is 32.4 Å². The van der Waals surface area contributed by atoms with Crippen LogP contribution in [0.15, 0.2) is 12.4 Å². The van der Waals surface area contributed by atoms with Gasteiger partial charge in [0.15, 0.2) is 9.84 Å². The fraction of sp³-hybridized carbons (Fsp3) is 0.667. The van der Waals surface area contributed by atoms with Gasteiger partial charge in [0.2, 0.25) is 0 Å². The Kier molecular flexibility index (Phi) is 4.32. The fourth-order valence-corrected chi connectivity index (χ4v) is 4.16. The van der Waals surface area contributed by atoms with Crippen LogP contribution in [0, 0.1) is 5.92 Å². The summed E-state index contributed by atoms with van der Waals surface area (Å²) in [5.74, 6) is 0.453. The van der Waals surface area contributed by atoms with Crippen molar-refractivity contribution in [1.29, 1.82) is 0 Å². The highest BCUT2D eigenvalue weighted by molar-refractivity contribution is 7.91. The van der Waals surface area contributed by atoms with Crippen molar-refractivity contribution in [1.82, 2.24) is 20.0 Å². The first kappa shape index (κ1) is 14.8. The lowest BCUT2D eigenvalue weighted by Crippen LogP contribution is -2.39. The maximum Gasteiger partial charge on any atom is 0.317 e. The number of amides is 2. The summed E-state index contributed by atoms with van der Waals surface area (Å²) >= 11 is 0. The molecule has 1 aromatic rings. The standard InChI is InChI=1S/C12H20N4O3S/c1-15(7-11-6-14-16(2)8-11)12(17)13-5-10-3-4-20(18,19)9-10/h6,8,10H,3-5,7,9H2,1-2H3,(H,13,17)/t10-/m0/s1. The van der Waals surface area contributed by atoms with E-state index in [-0.39, 0.29) is 23.5 Å². The number of nitrogens with zero attached hydrogens (tertiary/aromatic N) is 3. The van der Waals surface area contributed by atoms with Gasteiger partial charge in [0.1, 0.15) is 0 Å². The molecule has 1 atom stereocenters. The summed E-state index contributed by atoms with van der Waals surface area (Å²) in [7, 11) is 0.640. The van der Waals surface area contributed by atoms with Gasteiger partial charge in [-0.1, -0.05) is 0 Å². The van der Waals surface area contributed by atoms with Gasteiger partial charge in [-0.15, -0.1) is 0 Å². The van der Waals surface area contributed by atoms with Gasteiger partial charge < -0.3 is 10.2 Å². The fourth-order valence-electron chi connectivity index (χ4n) is 2.30. The molecule has 0 bridgehead atoms. The lowest BCUT2D eigenvalue weighted by atomic mass is 10.1. The second-order valence-corrected chi connectivity index (χ2v) is 7.56. The van der Waals surface area contributed by atoms with Crippen LogP contribution in [0.4, 0.5) is 4.79 Å². The number of nitrogens with one attached hydrogen (secondary N) is 1. The first-order valence-electron chi connectivity index (χ1n) is 6.52. The van der Waals surface area contributed by atoms with Crippen LogP contribution < -0.4 is 5.32 Å². The summed E-state index contributed by atoms with van der Waals surface area (Å²) in [5.41, 5.74) is 0.952. The second-order valence-electron chi connectivity index (χ2n) is 5.33. The van der Waals surface area contributed by atoms with Gasteiger partial charge in [0.25, 0.3) is 0 Å². The third-order valence-corrected chi connectivity index (χ3v) is 5.23. The predicted molar refractivity (Wildman–Crippen MR) is 74.8 cm³/mol. The highest BCUT2D eigenvalue weighted by atomic mass is 32.2. The van der Waals surface area contributed by atoms with Gasteiger partial charge in [-0.3, -0.25) is 4.68 Å². The zero-order valence-electron chi connectivity index (χ0n) is 11.7. The molecule has 1 saturated heterocycles. The molecule has 1 aromatic heterocycles. The number of rotatable bonds is 4. The minimum absolute atomic E-state index is 0.0377. The number of aryl methyl sites for hydroxylation is 1. The van der Waals surface area contributed by atoms with E-state index in [0.29, 0.717) is 19.5 Å². The molecule has 7 nitrogen and oxygen atoms in total.